The van der Waals surface area contributed by atoms with Crippen molar-refractivity contribution >= 4 is 17.5 Å². The van der Waals surface area contributed by atoms with E-state index in [-0.39, 0.29) is 23.9 Å². The van der Waals surface area contributed by atoms with Crippen LogP contribution < -0.4 is 10.2 Å². The summed E-state index contributed by atoms with van der Waals surface area (Å²) in [4.78, 5) is 25.7. The second-order valence-electron chi connectivity index (χ2n) is 6.10. The van der Waals surface area contributed by atoms with E-state index in [0.29, 0.717) is 6.54 Å². The fraction of sp³-hybridized carbons (Fsp3) is 0.300. The molecule has 1 unspecified atom stereocenters. The van der Waals surface area contributed by atoms with E-state index >= 15 is 0 Å². The van der Waals surface area contributed by atoms with Crippen LogP contribution >= 0.6 is 0 Å². The number of halogens is 2. The lowest BCUT2D eigenvalue weighted by Gasteiger charge is -2.25. The van der Waals surface area contributed by atoms with E-state index in [1.165, 1.54) is 17.9 Å². The topological polar surface area (TPSA) is 49.4 Å². The number of anilines is 1. The highest BCUT2D eigenvalue weighted by atomic mass is 19.2. The Balaban J connectivity index is 2.24. The number of benzene rings is 2. The van der Waals surface area contributed by atoms with Crippen LogP contribution in [0.1, 0.15) is 37.4 Å². The van der Waals surface area contributed by atoms with Crippen molar-refractivity contribution < 1.29 is 18.4 Å². The quantitative estimate of drug-likeness (QED) is 0.850. The zero-order valence-corrected chi connectivity index (χ0v) is 15.1. The molecular formula is C20H22F2N2O2. The average Bonchev–Trinajstić information content (AvgIpc) is 2.58. The minimum atomic E-state index is -1.01. The molecule has 2 aromatic rings. The van der Waals surface area contributed by atoms with E-state index in [9.17, 15) is 18.4 Å². The highest BCUT2D eigenvalue weighted by Crippen LogP contribution is 2.23. The normalized spacial score (nSPS) is 11.7. The number of amides is 2. The molecule has 1 N–H and O–H groups in total. The number of hydrogen-bond donors (Lipinski definition) is 1. The number of carbonyl (C=O) groups is 2. The smallest absolute Gasteiger partial charge is 0.229 e. The zero-order valence-electron chi connectivity index (χ0n) is 15.1. The molecule has 26 heavy (non-hydrogen) atoms. The van der Waals surface area contributed by atoms with Gasteiger partial charge in [0, 0.05) is 25.2 Å². The third-order valence-corrected chi connectivity index (χ3v) is 4.07. The van der Waals surface area contributed by atoms with Crippen molar-refractivity contribution in [3.05, 3.63) is 65.2 Å². The first-order valence-electron chi connectivity index (χ1n) is 8.41. The van der Waals surface area contributed by atoms with Crippen LogP contribution in [-0.4, -0.2) is 18.4 Å². The molecule has 4 nitrogen and oxygen atoms in total. The van der Waals surface area contributed by atoms with Crippen molar-refractivity contribution in [3.63, 3.8) is 0 Å². The molecule has 2 aromatic carbocycles. The molecule has 0 aliphatic carbocycles. The maximum Gasteiger partial charge on any atom is 0.229 e. The summed E-state index contributed by atoms with van der Waals surface area (Å²) in [5.41, 5.74) is 2.15. The van der Waals surface area contributed by atoms with Gasteiger partial charge in [-0.25, -0.2) is 8.78 Å². The lowest BCUT2D eigenvalue weighted by Crippen LogP contribution is -2.36. The van der Waals surface area contributed by atoms with Crippen molar-refractivity contribution in [3.8, 4) is 0 Å². The van der Waals surface area contributed by atoms with Crippen LogP contribution in [0.15, 0.2) is 42.5 Å². The molecular weight excluding hydrogens is 338 g/mol. The standard InChI is InChI=1S/C20H22F2N2O2/c1-4-24(16-9-10-17(21)18(22)11-16)20(26)12-19(23-14(3)25)15-7-5-13(2)6-8-15/h5-11,19H,4,12H2,1-3H3,(H,23,25). The van der Waals surface area contributed by atoms with Crippen LogP contribution in [-0.2, 0) is 9.59 Å². The zero-order chi connectivity index (χ0) is 19.3. The van der Waals surface area contributed by atoms with E-state index < -0.39 is 17.7 Å². The summed E-state index contributed by atoms with van der Waals surface area (Å²) in [7, 11) is 0. The fourth-order valence-corrected chi connectivity index (χ4v) is 2.74. The molecule has 2 amide bonds. The Bertz CT molecular complexity index is 791. The van der Waals surface area contributed by atoms with Crippen molar-refractivity contribution in [2.45, 2.75) is 33.2 Å². The van der Waals surface area contributed by atoms with Gasteiger partial charge in [0.25, 0.3) is 0 Å². The first-order valence-corrected chi connectivity index (χ1v) is 8.41. The highest BCUT2D eigenvalue weighted by molar-refractivity contribution is 5.94. The van der Waals surface area contributed by atoms with Crippen LogP contribution in [0, 0.1) is 18.6 Å². The molecule has 0 saturated heterocycles. The maximum atomic E-state index is 13.5. The van der Waals surface area contributed by atoms with Gasteiger partial charge in [-0.1, -0.05) is 29.8 Å². The average molecular weight is 360 g/mol. The lowest BCUT2D eigenvalue weighted by atomic mass is 10.0. The predicted octanol–water partition coefficient (Wildman–Crippen LogP) is 3.89. The van der Waals surface area contributed by atoms with Gasteiger partial charge in [-0.15, -0.1) is 0 Å². The maximum absolute atomic E-state index is 13.5. The summed E-state index contributed by atoms with van der Waals surface area (Å²) in [6.45, 7) is 5.38. The van der Waals surface area contributed by atoms with Gasteiger partial charge >= 0.3 is 0 Å². The molecule has 0 radical (unpaired) electrons. The van der Waals surface area contributed by atoms with E-state index in [0.717, 1.165) is 23.3 Å². The number of nitrogens with zero attached hydrogens (tertiary/aromatic N) is 1. The molecule has 0 aromatic heterocycles. The molecule has 0 saturated carbocycles. The van der Waals surface area contributed by atoms with Gasteiger partial charge in [0.1, 0.15) is 0 Å². The molecule has 0 fully saturated rings. The van der Waals surface area contributed by atoms with Gasteiger partial charge in [0.2, 0.25) is 11.8 Å². The van der Waals surface area contributed by atoms with Gasteiger partial charge < -0.3 is 10.2 Å². The second-order valence-corrected chi connectivity index (χ2v) is 6.10. The van der Waals surface area contributed by atoms with E-state index in [4.69, 9.17) is 0 Å². The van der Waals surface area contributed by atoms with Gasteiger partial charge in [-0.2, -0.15) is 0 Å². The second kappa shape index (κ2) is 8.56. The van der Waals surface area contributed by atoms with Crippen LogP contribution in [0.2, 0.25) is 0 Å². The summed E-state index contributed by atoms with van der Waals surface area (Å²) >= 11 is 0. The Morgan fingerprint density at radius 3 is 2.27 bits per heavy atom. The summed E-state index contributed by atoms with van der Waals surface area (Å²) in [5.74, 6) is -2.52. The van der Waals surface area contributed by atoms with Crippen LogP contribution in [0.25, 0.3) is 0 Å². The van der Waals surface area contributed by atoms with Gasteiger partial charge in [0.05, 0.1) is 12.5 Å². The number of rotatable bonds is 6. The Morgan fingerprint density at radius 2 is 1.73 bits per heavy atom. The molecule has 1 atom stereocenters. The number of hydrogen-bond acceptors (Lipinski definition) is 2. The molecule has 0 aliphatic heterocycles. The van der Waals surface area contributed by atoms with Gasteiger partial charge in [-0.05, 0) is 31.5 Å². The van der Waals surface area contributed by atoms with Crippen molar-refractivity contribution in [2.75, 3.05) is 11.4 Å². The van der Waals surface area contributed by atoms with Crippen molar-refractivity contribution in [2.24, 2.45) is 0 Å². The van der Waals surface area contributed by atoms with E-state index in [1.807, 2.05) is 31.2 Å². The van der Waals surface area contributed by atoms with Crippen LogP contribution in [0.3, 0.4) is 0 Å². The summed E-state index contributed by atoms with van der Waals surface area (Å²) in [5, 5.41) is 2.78. The summed E-state index contributed by atoms with van der Waals surface area (Å²) < 4.78 is 26.7. The Hall–Kier alpha value is -2.76. The fourth-order valence-electron chi connectivity index (χ4n) is 2.74. The Kier molecular flexibility index (Phi) is 6.44. The SMILES string of the molecule is CCN(C(=O)CC(NC(C)=O)c1ccc(C)cc1)c1ccc(F)c(F)c1. The van der Waals surface area contributed by atoms with Gasteiger partial charge in [0.15, 0.2) is 11.6 Å². The molecule has 138 valence electrons. The minimum Gasteiger partial charge on any atom is -0.349 e. The van der Waals surface area contributed by atoms with Crippen molar-refractivity contribution in [1.29, 1.82) is 0 Å². The minimum absolute atomic E-state index is 0.00940. The molecule has 0 bridgehead atoms. The third-order valence-electron chi connectivity index (χ3n) is 4.07. The van der Waals surface area contributed by atoms with E-state index in [2.05, 4.69) is 5.32 Å². The first kappa shape index (κ1) is 19.6. The van der Waals surface area contributed by atoms with Crippen LogP contribution in [0.5, 0.6) is 0 Å². The molecule has 0 aliphatic rings. The molecule has 2 rings (SSSR count). The Morgan fingerprint density at radius 1 is 1.08 bits per heavy atom. The number of aryl methyl sites for hydroxylation is 1. The monoisotopic (exact) mass is 360 g/mol. The summed E-state index contributed by atoms with van der Waals surface area (Å²) in [6, 6.07) is 10.4. The third kappa shape index (κ3) is 4.88. The first-order chi connectivity index (χ1) is 12.3. The van der Waals surface area contributed by atoms with E-state index in [1.54, 1.807) is 6.92 Å². The van der Waals surface area contributed by atoms with Crippen LogP contribution in [0.4, 0.5) is 14.5 Å². The largest absolute Gasteiger partial charge is 0.349 e. The molecule has 0 heterocycles. The Labute approximate surface area is 151 Å². The molecule has 6 heteroatoms. The highest BCUT2D eigenvalue weighted by Gasteiger charge is 2.22. The number of carbonyl (C=O) groups excluding carboxylic acids is 2. The molecule has 0 spiro atoms. The number of nitrogens with one attached hydrogen (secondary N) is 1. The predicted molar refractivity (Wildman–Crippen MR) is 96.7 cm³/mol. The van der Waals surface area contributed by atoms with Gasteiger partial charge in [-0.3, -0.25) is 9.59 Å². The summed E-state index contributed by atoms with van der Waals surface area (Å²) in [6.07, 6.45) is 0.00940. The van der Waals surface area contributed by atoms with Crippen molar-refractivity contribution in [1.82, 2.24) is 5.32 Å². The lowest BCUT2D eigenvalue weighted by molar-refractivity contribution is -0.121.